The molecule has 0 fully saturated rings. The molecule has 2 rings (SSSR count). The number of benzene rings is 2. The van der Waals surface area contributed by atoms with Gasteiger partial charge in [0.25, 0.3) is 5.91 Å². The topological polar surface area (TPSA) is 53.2 Å². The van der Waals surface area contributed by atoms with Crippen LogP contribution in [-0.2, 0) is 6.18 Å². The fraction of sp³-hybridized carbons (Fsp3) is 0.188. The van der Waals surface area contributed by atoms with E-state index in [0.29, 0.717) is 12.4 Å². The Kier molecular flexibility index (Phi) is 5.23. The van der Waals surface area contributed by atoms with E-state index >= 15 is 0 Å². The standard InChI is InChI=1S/C16H16F3N3O/c1-20-10-21-13-6-3-7-14(9-13)22-15(23)11-4-2-5-12(8-11)16(17,18)19/h2-9,20-21H,10H2,1H3,(H,22,23). The van der Waals surface area contributed by atoms with Gasteiger partial charge in [-0.1, -0.05) is 12.1 Å². The Hall–Kier alpha value is -2.54. The van der Waals surface area contributed by atoms with E-state index in [1.807, 2.05) is 6.07 Å². The third-order valence-corrected chi connectivity index (χ3v) is 3.04. The van der Waals surface area contributed by atoms with Gasteiger partial charge in [-0.3, -0.25) is 4.79 Å². The van der Waals surface area contributed by atoms with Gasteiger partial charge in [-0.2, -0.15) is 13.2 Å². The highest BCUT2D eigenvalue weighted by Crippen LogP contribution is 2.29. The third kappa shape index (κ3) is 4.72. The Balaban J connectivity index is 2.13. The Bertz CT molecular complexity index is 686. The molecule has 23 heavy (non-hydrogen) atoms. The molecule has 0 saturated heterocycles. The number of rotatable bonds is 5. The van der Waals surface area contributed by atoms with Crippen molar-refractivity contribution in [2.75, 3.05) is 24.3 Å². The molecule has 2 aromatic rings. The molecule has 122 valence electrons. The number of nitrogens with one attached hydrogen (secondary N) is 3. The number of amides is 1. The van der Waals surface area contributed by atoms with E-state index in [2.05, 4.69) is 16.0 Å². The lowest BCUT2D eigenvalue weighted by molar-refractivity contribution is -0.137. The Morgan fingerprint density at radius 2 is 1.74 bits per heavy atom. The number of carbonyl (C=O) groups excluding carboxylic acids is 1. The summed E-state index contributed by atoms with van der Waals surface area (Å²) in [6.45, 7) is 0.547. The Morgan fingerprint density at radius 1 is 1.04 bits per heavy atom. The minimum atomic E-state index is -4.48. The summed E-state index contributed by atoms with van der Waals surface area (Å²) < 4.78 is 38.1. The second-order valence-electron chi connectivity index (χ2n) is 4.82. The predicted molar refractivity (Wildman–Crippen MR) is 83.4 cm³/mol. The maximum absolute atomic E-state index is 12.7. The highest BCUT2D eigenvalue weighted by Gasteiger charge is 2.30. The molecular weight excluding hydrogens is 307 g/mol. The number of halogens is 3. The average molecular weight is 323 g/mol. The van der Waals surface area contributed by atoms with Crippen molar-refractivity contribution in [2.45, 2.75) is 6.18 Å². The first-order valence-corrected chi connectivity index (χ1v) is 6.87. The van der Waals surface area contributed by atoms with Crippen LogP contribution in [0.1, 0.15) is 15.9 Å². The van der Waals surface area contributed by atoms with Crippen LogP contribution < -0.4 is 16.0 Å². The largest absolute Gasteiger partial charge is 0.416 e. The monoisotopic (exact) mass is 323 g/mol. The number of hydrogen-bond donors (Lipinski definition) is 3. The van der Waals surface area contributed by atoms with Gasteiger partial charge in [0.1, 0.15) is 0 Å². The van der Waals surface area contributed by atoms with Crippen LogP contribution in [0.4, 0.5) is 24.5 Å². The fourth-order valence-electron chi connectivity index (χ4n) is 1.94. The molecule has 0 aliphatic rings. The molecule has 0 aliphatic heterocycles. The molecule has 0 saturated carbocycles. The Labute approximate surface area is 131 Å². The van der Waals surface area contributed by atoms with Crippen LogP contribution in [-0.4, -0.2) is 19.6 Å². The van der Waals surface area contributed by atoms with Gasteiger partial charge in [-0.05, 0) is 43.4 Å². The molecule has 4 nitrogen and oxygen atoms in total. The van der Waals surface area contributed by atoms with Gasteiger partial charge in [-0.25, -0.2) is 0 Å². The van der Waals surface area contributed by atoms with Gasteiger partial charge in [0.05, 0.1) is 12.2 Å². The fourth-order valence-corrected chi connectivity index (χ4v) is 1.94. The SMILES string of the molecule is CNCNc1cccc(NC(=O)c2cccc(C(F)(F)F)c2)c1. The molecule has 1 amide bonds. The predicted octanol–water partition coefficient (Wildman–Crippen LogP) is 3.55. The minimum Gasteiger partial charge on any atom is -0.372 e. The molecule has 0 bridgehead atoms. The van der Waals surface area contributed by atoms with Gasteiger partial charge in [0.2, 0.25) is 0 Å². The van der Waals surface area contributed by atoms with Gasteiger partial charge < -0.3 is 16.0 Å². The zero-order chi connectivity index (χ0) is 16.9. The average Bonchev–Trinajstić information content (AvgIpc) is 2.52. The van der Waals surface area contributed by atoms with E-state index in [4.69, 9.17) is 0 Å². The molecule has 0 atom stereocenters. The van der Waals surface area contributed by atoms with Crippen LogP contribution in [0, 0.1) is 0 Å². The minimum absolute atomic E-state index is 0.0478. The summed E-state index contributed by atoms with van der Waals surface area (Å²) in [6.07, 6.45) is -4.48. The second-order valence-corrected chi connectivity index (χ2v) is 4.82. The first kappa shape index (κ1) is 16.8. The van der Waals surface area contributed by atoms with Crippen LogP contribution in [0.5, 0.6) is 0 Å². The lowest BCUT2D eigenvalue weighted by Gasteiger charge is -2.11. The Morgan fingerprint density at radius 3 is 2.43 bits per heavy atom. The van der Waals surface area contributed by atoms with Crippen LogP contribution >= 0.6 is 0 Å². The molecule has 0 aromatic heterocycles. The summed E-state index contributed by atoms with van der Waals surface area (Å²) in [5, 5.41) is 8.57. The summed E-state index contributed by atoms with van der Waals surface area (Å²) in [5.41, 5.74) is 0.373. The highest BCUT2D eigenvalue weighted by atomic mass is 19.4. The molecule has 0 unspecified atom stereocenters. The molecule has 0 radical (unpaired) electrons. The number of hydrogen-bond acceptors (Lipinski definition) is 3. The van der Waals surface area contributed by atoms with Crippen molar-refractivity contribution in [1.82, 2.24) is 5.32 Å². The molecule has 2 aromatic carbocycles. The highest BCUT2D eigenvalue weighted by molar-refractivity contribution is 6.04. The molecular formula is C16H16F3N3O. The normalized spacial score (nSPS) is 11.1. The second kappa shape index (κ2) is 7.15. The van der Waals surface area contributed by atoms with Gasteiger partial charge in [0, 0.05) is 16.9 Å². The van der Waals surface area contributed by atoms with Crippen molar-refractivity contribution in [3.8, 4) is 0 Å². The van der Waals surface area contributed by atoms with Crippen molar-refractivity contribution >= 4 is 17.3 Å². The molecule has 0 aliphatic carbocycles. The lowest BCUT2D eigenvalue weighted by atomic mass is 10.1. The van der Waals surface area contributed by atoms with E-state index in [1.54, 1.807) is 25.2 Å². The van der Waals surface area contributed by atoms with E-state index in [9.17, 15) is 18.0 Å². The maximum atomic E-state index is 12.7. The van der Waals surface area contributed by atoms with Crippen LogP contribution in [0.15, 0.2) is 48.5 Å². The van der Waals surface area contributed by atoms with Gasteiger partial charge in [-0.15, -0.1) is 0 Å². The van der Waals surface area contributed by atoms with Gasteiger partial charge >= 0.3 is 6.18 Å². The molecule has 7 heteroatoms. The summed E-state index contributed by atoms with van der Waals surface area (Å²) in [7, 11) is 1.78. The maximum Gasteiger partial charge on any atom is 0.416 e. The van der Waals surface area contributed by atoms with E-state index < -0.39 is 17.6 Å². The number of anilines is 2. The summed E-state index contributed by atoms with van der Waals surface area (Å²) >= 11 is 0. The first-order chi connectivity index (χ1) is 10.9. The zero-order valence-electron chi connectivity index (χ0n) is 12.4. The van der Waals surface area contributed by atoms with Crippen LogP contribution in [0.25, 0.3) is 0 Å². The zero-order valence-corrected chi connectivity index (χ0v) is 12.4. The number of carbonyl (C=O) groups is 1. The summed E-state index contributed by atoms with van der Waals surface area (Å²) in [5.74, 6) is -0.595. The van der Waals surface area contributed by atoms with Gasteiger partial charge in [0.15, 0.2) is 0 Å². The van der Waals surface area contributed by atoms with Crippen LogP contribution in [0.2, 0.25) is 0 Å². The first-order valence-electron chi connectivity index (χ1n) is 6.87. The smallest absolute Gasteiger partial charge is 0.372 e. The van der Waals surface area contributed by atoms with E-state index in [-0.39, 0.29) is 5.56 Å². The third-order valence-electron chi connectivity index (χ3n) is 3.04. The van der Waals surface area contributed by atoms with Crippen molar-refractivity contribution in [2.24, 2.45) is 0 Å². The summed E-state index contributed by atoms with van der Waals surface area (Å²) in [6, 6.07) is 11.2. The van der Waals surface area contributed by atoms with Crippen molar-refractivity contribution in [3.63, 3.8) is 0 Å². The molecule has 0 heterocycles. The van der Waals surface area contributed by atoms with E-state index in [1.165, 1.54) is 12.1 Å². The van der Waals surface area contributed by atoms with Crippen molar-refractivity contribution < 1.29 is 18.0 Å². The molecule has 3 N–H and O–H groups in total. The quantitative estimate of drug-likeness (QED) is 0.738. The summed E-state index contributed by atoms with van der Waals surface area (Å²) in [4.78, 5) is 12.1. The lowest BCUT2D eigenvalue weighted by Crippen LogP contribution is -2.17. The van der Waals surface area contributed by atoms with Crippen LogP contribution in [0.3, 0.4) is 0 Å². The van der Waals surface area contributed by atoms with E-state index in [0.717, 1.165) is 17.8 Å². The van der Waals surface area contributed by atoms with Crippen molar-refractivity contribution in [3.05, 3.63) is 59.7 Å². The number of alkyl halides is 3. The molecule has 0 spiro atoms. The van der Waals surface area contributed by atoms with Crippen molar-refractivity contribution in [1.29, 1.82) is 0 Å².